The van der Waals surface area contributed by atoms with E-state index in [1.807, 2.05) is 48.5 Å². The average molecular weight is 333 g/mol. The summed E-state index contributed by atoms with van der Waals surface area (Å²) in [6, 6.07) is 16.2. The predicted molar refractivity (Wildman–Crippen MR) is 99.7 cm³/mol. The molecule has 4 heteroatoms. The summed E-state index contributed by atoms with van der Waals surface area (Å²) in [6.45, 7) is 0. The molecule has 0 radical (unpaired) electrons. The van der Waals surface area contributed by atoms with Gasteiger partial charge in [0.05, 0.1) is 11.0 Å². The lowest BCUT2D eigenvalue weighted by Crippen LogP contribution is -2.36. The van der Waals surface area contributed by atoms with Crippen LogP contribution in [0.5, 0.6) is 0 Å². The third-order valence-corrected chi connectivity index (χ3v) is 4.94. The topological polar surface area (TPSA) is 57.8 Å². The molecule has 1 amide bonds. The molecule has 0 atom stereocenters. The first kappa shape index (κ1) is 15.9. The Kier molecular flexibility index (Phi) is 4.51. The Morgan fingerprint density at radius 2 is 1.92 bits per heavy atom. The number of para-hydroxylation sites is 2. The molecule has 1 saturated carbocycles. The van der Waals surface area contributed by atoms with E-state index in [9.17, 15) is 4.79 Å². The molecule has 2 N–H and O–H groups in total. The highest BCUT2D eigenvalue weighted by Crippen LogP contribution is 2.18. The summed E-state index contributed by atoms with van der Waals surface area (Å²) in [7, 11) is 0. The number of aromatic amines is 1. The zero-order valence-electron chi connectivity index (χ0n) is 14.3. The number of carbonyl (C=O) groups excluding carboxylic acids is 1. The first-order chi connectivity index (χ1) is 12.3. The Bertz CT molecular complexity index is 844. The Labute approximate surface area is 147 Å². The van der Waals surface area contributed by atoms with Crippen molar-refractivity contribution in [3.63, 3.8) is 0 Å². The fourth-order valence-corrected chi connectivity index (χ4v) is 3.62. The number of fused-ring (bicyclic) bond motifs is 1. The normalized spacial score (nSPS) is 15.4. The van der Waals surface area contributed by atoms with E-state index in [2.05, 4.69) is 15.3 Å². The molecular weight excluding hydrogens is 310 g/mol. The molecule has 1 heterocycles. The van der Waals surface area contributed by atoms with Crippen molar-refractivity contribution in [3.05, 3.63) is 65.5 Å². The van der Waals surface area contributed by atoms with Crippen molar-refractivity contribution in [1.29, 1.82) is 0 Å². The second-order valence-electron chi connectivity index (χ2n) is 6.89. The van der Waals surface area contributed by atoms with Gasteiger partial charge >= 0.3 is 0 Å². The smallest absolute Gasteiger partial charge is 0.251 e. The van der Waals surface area contributed by atoms with Gasteiger partial charge in [0.1, 0.15) is 5.82 Å². The highest BCUT2D eigenvalue weighted by molar-refractivity contribution is 5.94. The largest absolute Gasteiger partial charge is 0.349 e. The van der Waals surface area contributed by atoms with Gasteiger partial charge in [0.25, 0.3) is 5.91 Å². The molecule has 1 aliphatic carbocycles. The van der Waals surface area contributed by atoms with Crippen LogP contribution in [-0.2, 0) is 6.42 Å². The van der Waals surface area contributed by atoms with Crippen LogP contribution in [0.4, 0.5) is 0 Å². The minimum atomic E-state index is 0.0401. The van der Waals surface area contributed by atoms with Crippen LogP contribution in [0.1, 0.15) is 53.8 Å². The molecule has 0 bridgehead atoms. The zero-order chi connectivity index (χ0) is 17.1. The van der Waals surface area contributed by atoms with Gasteiger partial charge in [-0.1, -0.05) is 43.5 Å². The number of benzene rings is 2. The number of hydrogen-bond acceptors (Lipinski definition) is 2. The van der Waals surface area contributed by atoms with E-state index in [1.54, 1.807) is 0 Å². The number of hydrogen-bond donors (Lipinski definition) is 2. The number of amides is 1. The Morgan fingerprint density at radius 1 is 1.08 bits per heavy atom. The summed E-state index contributed by atoms with van der Waals surface area (Å²) in [5.74, 6) is 0.962. The van der Waals surface area contributed by atoms with E-state index >= 15 is 0 Å². The van der Waals surface area contributed by atoms with Crippen molar-refractivity contribution in [2.24, 2.45) is 0 Å². The maximum Gasteiger partial charge on any atom is 0.251 e. The fraction of sp³-hybridized carbons (Fsp3) is 0.333. The maximum absolute atomic E-state index is 12.5. The Balaban J connectivity index is 1.47. The number of aromatic nitrogens is 2. The molecule has 0 aliphatic heterocycles. The fourth-order valence-electron chi connectivity index (χ4n) is 3.62. The van der Waals surface area contributed by atoms with E-state index in [0.717, 1.165) is 40.8 Å². The molecule has 0 unspecified atom stereocenters. The first-order valence-corrected chi connectivity index (χ1v) is 9.11. The Hall–Kier alpha value is -2.62. The Morgan fingerprint density at radius 3 is 2.76 bits per heavy atom. The quantitative estimate of drug-likeness (QED) is 0.751. The van der Waals surface area contributed by atoms with Crippen LogP contribution in [0, 0.1) is 0 Å². The van der Waals surface area contributed by atoms with Crippen molar-refractivity contribution in [1.82, 2.24) is 15.3 Å². The number of H-pyrrole nitrogens is 1. The zero-order valence-corrected chi connectivity index (χ0v) is 14.3. The molecule has 0 spiro atoms. The number of nitrogens with one attached hydrogen (secondary N) is 2. The lowest BCUT2D eigenvalue weighted by atomic mass is 9.95. The number of nitrogens with zero attached hydrogens (tertiary/aromatic N) is 1. The van der Waals surface area contributed by atoms with Crippen LogP contribution in [0.25, 0.3) is 11.0 Å². The lowest BCUT2D eigenvalue weighted by molar-refractivity contribution is 0.0927. The third kappa shape index (κ3) is 3.73. The average Bonchev–Trinajstić information content (AvgIpc) is 3.05. The van der Waals surface area contributed by atoms with Gasteiger partial charge in [-0.3, -0.25) is 4.79 Å². The van der Waals surface area contributed by atoms with Crippen LogP contribution in [-0.4, -0.2) is 21.9 Å². The van der Waals surface area contributed by atoms with Crippen LogP contribution < -0.4 is 5.32 Å². The molecule has 4 rings (SSSR count). The second-order valence-corrected chi connectivity index (χ2v) is 6.89. The van der Waals surface area contributed by atoms with Gasteiger partial charge in [0.15, 0.2) is 0 Å². The summed E-state index contributed by atoms with van der Waals surface area (Å²) in [5, 5.41) is 3.19. The minimum Gasteiger partial charge on any atom is -0.349 e. The predicted octanol–water partition coefficient (Wildman–Crippen LogP) is 4.22. The van der Waals surface area contributed by atoms with Crippen molar-refractivity contribution in [3.8, 4) is 0 Å². The summed E-state index contributed by atoms with van der Waals surface area (Å²) in [6.07, 6.45) is 6.63. The van der Waals surface area contributed by atoms with Crippen LogP contribution in [0.2, 0.25) is 0 Å². The highest BCUT2D eigenvalue weighted by atomic mass is 16.1. The minimum absolute atomic E-state index is 0.0401. The van der Waals surface area contributed by atoms with Gasteiger partial charge in [-0.25, -0.2) is 4.98 Å². The first-order valence-electron chi connectivity index (χ1n) is 9.11. The van der Waals surface area contributed by atoms with Crippen LogP contribution in [0.15, 0.2) is 48.5 Å². The van der Waals surface area contributed by atoms with E-state index < -0.39 is 0 Å². The van der Waals surface area contributed by atoms with Gasteiger partial charge in [0.2, 0.25) is 0 Å². The molecule has 1 aliphatic rings. The van der Waals surface area contributed by atoms with Crippen molar-refractivity contribution < 1.29 is 4.79 Å². The molecule has 4 nitrogen and oxygen atoms in total. The molecule has 1 fully saturated rings. The molecule has 128 valence electrons. The number of imidazole rings is 1. The molecule has 3 aromatic rings. The van der Waals surface area contributed by atoms with Crippen molar-refractivity contribution >= 4 is 16.9 Å². The maximum atomic E-state index is 12.5. The highest BCUT2D eigenvalue weighted by Gasteiger charge is 2.16. The monoisotopic (exact) mass is 333 g/mol. The van der Waals surface area contributed by atoms with E-state index in [0.29, 0.717) is 12.5 Å². The van der Waals surface area contributed by atoms with Crippen molar-refractivity contribution in [2.45, 2.75) is 44.6 Å². The van der Waals surface area contributed by atoms with E-state index in [1.165, 1.54) is 19.3 Å². The van der Waals surface area contributed by atoms with Crippen LogP contribution in [0.3, 0.4) is 0 Å². The summed E-state index contributed by atoms with van der Waals surface area (Å²) < 4.78 is 0. The molecule has 25 heavy (non-hydrogen) atoms. The standard InChI is InChI=1S/C21H23N3O/c25-21(22-17-9-2-1-3-10-17)16-8-6-7-15(13-16)14-20-23-18-11-4-5-12-19(18)24-20/h4-8,11-13,17H,1-3,9-10,14H2,(H,22,25)(H,23,24). The van der Waals surface area contributed by atoms with E-state index in [4.69, 9.17) is 0 Å². The molecular formula is C21H23N3O. The van der Waals surface area contributed by atoms with Crippen LogP contribution >= 0.6 is 0 Å². The molecule has 2 aromatic carbocycles. The van der Waals surface area contributed by atoms with Crippen molar-refractivity contribution in [2.75, 3.05) is 0 Å². The number of rotatable bonds is 4. The van der Waals surface area contributed by atoms with Gasteiger partial charge in [-0.2, -0.15) is 0 Å². The van der Waals surface area contributed by atoms with Gasteiger partial charge < -0.3 is 10.3 Å². The number of carbonyl (C=O) groups is 1. The third-order valence-electron chi connectivity index (χ3n) is 4.94. The summed E-state index contributed by atoms with van der Waals surface area (Å²) in [4.78, 5) is 20.5. The molecule has 0 saturated heterocycles. The van der Waals surface area contributed by atoms with Gasteiger partial charge in [-0.05, 0) is 42.7 Å². The SMILES string of the molecule is O=C(NC1CCCCC1)c1cccc(Cc2nc3ccccc3[nH]2)c1. The summed E-state index contributed by atoms with van der Waals surface area (Å²) in [5.41, 5.74) is 3.85. The second kappa shape index (κ2) is 7.09. The van der Waals surface area contributed by atoms with E-state index in [-0.39, 0.29) is 5.91 Å². The van der Waals surface area contributed by atoms with Gasteiger partial charge in [0, 0.05) is 18.0 Å². The lowest BCUT2D eigenvalue weighted by Gasteiger charge is -2.22. The molecule has 1 aromatic heterocycles. The van der Waals surface area contributed by atoms with Gasteiger partial charge in [-0.15, -0.1) is 0 Å². The summed E-state index contributed by atoms with van der Waals surface area (Å²) >= 11 is 0.